The van der Waals surface area contributed by atoms with E-state index in [9.17, 15) is 14.9 Å². The number of hydrogen-bond donors (Lipinski definition) is 1. The largest absolute Gasteiger partial charge is 0.341 e. The topological polar surface area (TPSA) is 101 Å². The minimum Gasteiger partial charge on any atom is -0.341 e. The van der Waals surface area contributed by atoms with Crippen LogP contribution in [0.15, 0.2) is 30.5 Å². The molecule has 0 bridgehead atoms. The Hall–Kier alpha value is -3.03. The van der Waals surface area contributed by atoms with E-state index in [1.165, 1.54) is 24.4 Å². The van der Waals surface area contributed by atoms with E-state index >= 15 is 0 Å². The van der Waals surface area contributed by atoms with Gasteiger partial charge in [0.2, 0.25) is 5.95 Å². The summed E-state index contributed by atoms with van der Waals surface area (Å²) in [6.45, 7) is 5.84. The van der Waals surface area contributed by atoms with E-state index < -0.39 is 4.92 Å². The van der Waals surface area contributed by atoms with Crippen molar-refractivity contribution in [3.63, 3.8) is 0 Å². The SMILES string of the molecule is Cc1nc(N2CCC(C)CC2)ncc1C(=O)Nc1cccc([N+](=O)[O-])c1. The highest BCUT2D eigenvalue weighted by atomic mass is 16.6. The van der Waals surface area contributed by atoms with Crippen LogP contribution in [0.3, 0.4) is 0 Å². The van der Waals surface area contributed by atoms with E-state index in [1.54, 1.807) is 13.0 Å². The van der Waals surface area contributed by atoms with Crippen LogP contribution in [0.25, 0.3) is 0 Å². The molecule has 2 aromatic rings. The average Bonchev–Trinajstić information content (AvgIpc) is 2.62. The fourth-order valence-corrected chi connectivity index (χ4v) is 2.93. The van der Waals surface area contributed by atoms with Crippen molar-refractivity contribution in [3.05, 3.63) is 51.8 Å². The molecule has 1 amide bonds. The summed E-state index contributed by atoms with van der Waals surface area (Å²) in [7, 11) is 0. The molecular formula is C18H21N5O3. The van der Waals surface area contributed by atoms with Crippen LogP contribution in [0.5, 0.6) is 0 Å². The van der Waals surface area contributed by atoms with E-state index in [-0.39, 0.29) is 11.6 Å². The Kier molecular flexibility index (Phi) is 5.11. The van der Waals surface area contributed by atoms with Crippen LogP contribution < -0.4 is 10.2 Å². The predicted octanol–water partition coefficient (Wildman–Crippen LogP) is 3.18. The maximum absolute atomic E-state index is 12.5. The summed E-state index contributed by atoms with van der Waals surface area (Å²) in [6.07, 6.45) is 3.73. The van der Waals surface area contributed by atoms with Crippen LogP contribution in [0.1, 0.15) is 35.8 Å². The van der Waals surface area contributed by atoms with Gasteiger partial charge in [0, 0.05) is 37.1 Å². The van der Waals surface area contributed by atoms with Crippen molar-refractivity contribution >= 4 is 23.2 Å². The summed E-state index contributed by atoms with van der Waals surface area (Å²) in [6, 6.07) is 5.82. The maximum atomic E-state index is 12.5. The Balaban J connectivity index is 1.74. The molecule has 1 aromatic carbocycles. The third-order valence-electron chi connectivity index (χ3n) is 4.59. The predicted molar refractivity (Wildman–Crippen MR) is 98.4 cm³/mol. The Morgan fingerprint density at radius 2 is 2.08 bits per heavy atom. The Bertz CT molecular complexity index is 831. The molecule has 3 rings (SSSR count). The molecule has 136 valence electrons. The summed E-state index contributed by atoms with van der Waals surface area (Å²) in [4.78, 5) is 33.8. The van der Waals surface area contributed by atoms with Gasteiger partial charge < -0.3 is 10.2 Å². The summed E-state index contributed by atoms with van der Waals surface area (Å²) in [5.41, 5.74) is 1.21. The minimum atomic E-state index is -0.502. The van der Waals surface area contributed by atoms with Crippen LogP contribution in [0.4, 0.5) is 17.3 Å². The molecule has 1 aromatic heterocycles. The number of amides is 1. The third kappa shape index (κ3) is 3.96. The lowest BCUT2D eigenvalue weighted by molar-refractivity contribution is -0.384. The van der Waals surface area contributed by atoms with Crippen LogP contribution in [0.2, 0.25) is 0 Å². The molecule has 1 fully saturated rings. The van der Waals surface area contributed by atoms with Crippen LogP contribution in [-0.2, 0) is 0 Å². The zero-order valence-corrected chi connectivity index (χ0v) is 14.8. The maximum Gasteiger partial charge on any atom is 0.271 e. The van der Waals surface area contributed by atoms with Crippen LogP contribution in [0, 0.1) is 23.0 Å². The van der Waals surface area contributed by atoms with Gasteiger partial charge in [0.25, 0.3) is 11.6 Å². The number of non-ortho nitro benzene ring substituents is 1. The molecule has 1 aliphatic rings. The standard InChI is InChI=1S/C18H21N5O3/c1-12-6-8-22(9-7-12)18-19-11-16(13(2)20-18)17(24)21-14-4-3-5-15(10-14)23(25)26/h3-5,10-12H,6-9H2,1-2H3,(H,21,24). The molecule has 0 spiro atoms. The number of hydrogen-bond acceptors (Lipinski definition) is 6. The third-order valence-corrected chi connectivity index (χ3v) is 4.59. The number of benzene rings is 1. The number of piperidine rings is 1. The first-order chi connectivity index (χ1) is 12.4. The van der Waals surface area contributed by atoms with Gasteiger partial charge in [0.1, 0.15) is 0 Å². The van der Waals surface area contributed by atoms with E-state index in [0.717, 1.165) is 25.9 Å². The number of nitro benzene ring substituents is 1. The molecule has 1 N–H and O–H groups in total. The Morgan fingerprint density at radius 1 is 1.35 bits per heavy atom. The molecule has 0 unspecified atom stereocenters. The quantitative estimate of drug-likeness (QED) is 0.668. The summed E-state index contributed by atoms with van der Waals surface area (Å²) >= 11 is 0. The molecule has 0 saturated carbocycles. The number of aryl methyl sites for hydroxylation is 1. The van der Waals surface area contributed by atoms with E-state index in [0.29, 0.717) is 28.8 Å². The number of nitrogens with zero attached hydrogens (tertiary/aromatic N) is 4. The molecule has 1 aliphatic heterocycles. The van der Waals surface area contributed by atoms with Gasteiger partial charge in [-0.2, -0.15) is 0 Å². The fourth-order valence-electron chi connectivity index (χ4n) is 2.93. The molecule has 0 radical (unpaired) electrons. The molecule has 8 nitrogen and oxygen atoms in total. The normalized spacial score (nSPS) is 14.9. The van der Waals surface area contributed by atoms with Crippen molar-refractivity contribution < 1.29 is 9.72 Å². The number of nitrogens with one attached hydrogen (secondary N) is 1. The summed E-state index contributed by atoms with van der Waals surface area (Å²) < 4.78 is 0. The Morgan fingerprint density at radius 3 is 2.73 bits per heavy atom. The zero-order chi connectivity index (χ0) is 18.7. The van der Waals surface area contributed by atoms with Gasteiger partial charge in [0.15, 0.2) is 0 Å². The van der Waals surface area contributed by atoms with Crippen LogP contribution >= 0.6 is 0 Å². The van der Waals surface area contributed by atoms with E-state index in [2.05, 4.69) is 27.1 Å². The first-order valence-corrected chi connectivity index (χ1v) is 8.58. The minimum absolute atomic E-state index is 0.0783. The van der Waals surface area contributed by atoms with Crippen molar-refractivity contribution in [2.24, 2.45) is 5.92 Å². The Labute approximate surface area is 151 Å². The lowest BCUT2D eigenvalue weighted by Crippen LogP contribution is -2.34. The van der Waals surface area contributed by atoms with Gasteiger partial charge in [-0.25, -0.2) is 9.97 Å². The van der Waals surface area contributed by atoms with E-state index in [1.807, 2.05) is 0 Å². The monoisotopic (exact) mass is 355 g/mol. The highest BCUT2D eigenvalue weighted by Crippen LogP contribution is 2.22. The lowest BCUT2D eigenvalue weighted by Gasteiger charge is -2.30. The second kappa shape index (κ2) is 7.47. The van der Waals surface area contributed by atoms with E-state index in [4.69, 9.17) is 0 Å². The number of nitro groups is 1. The molecule has 8 heteroatoms. The fraction of sp³-hybridized carbons (Fsp3) is 0.389. The molecule has 0 atom stereocenters. The van der Waals surface area contributed by atoms with Gasteiger partial charge in [-0.15, -0.1) is 0 Å². The number of carbonyl (C=O) groups excluding carboxylic acids is 1. The summed E-state index contributed by atoms with van der Waals surface area (Å²) in [5, 5.41) is 13.5. The second-order valence-corrected chi connectivity index (χ2v) is 6.60. The van der Waals surface area contributed by atoms with Gasteiger partial charge >= 0.3 is 0 Å². The molecular weight excluding hydrogens is 334 g/mol. The number of carbonyl (C=O) groups is 1. The summed E-state index contributed by atoms with van der Waals surface area (Å²) in [5.74, 6) is 0.968. The van der Waals surface area contributed by atoms with Gasteiger partial charge in [-0.05, 0) is 31.7 Å². The van der Waals surface area contributed by atoms with Crippen molar-refractivity contribution in [3.8, 4) is 0 Å². The van der Waals surface area contributed by atoms with Gasteiger partial charge in [0.05, 0.1) is 16.2 Å². The highest BCUT2D eigenvalue weighted by Gasteiger charge is 2.20. The van der Waals surface area contributed by atoms with Crippen molar-refractivity contribution in [1.29, 1.82) is 0 Å². The number of rotatable bonds is 4. The van der Waals surface area contributed by atoms with Crippen molar-refractivity contribution in [2.45, 2.75) is 26.7 Å². The van der Waals surface area contributed by atoms with Gasteiger partial charge in [-0.1, -0.05) is 13.0 Å². The number of aromatic nitrogens is 2. The zero-order valence-electron chi connectivity index (χ0n) is 14.8. The molecule has 26 heavy (non-hydrogen) atoms. The first kappa shape index (κ1) is 17.8. The number of anilines is 2. The first-order valence-electron chi connectivity index (χ1n) is 8.58. The molecule has 0 aliphatic carbocycles. The van der Waals surface area contributed by atoms with Gasteiger partial charge in [-0.3, -0.25) is 14.9 Å². The molecule has 2 heterocycles. The lowest BCUT2D eigenvalue weighted by atomic mass is 10.00. The average molecular weight is 355 g/mol. The van der Waals surface area contributed by atoms with Crippen molar-refractivity contribution in [2.75, 3.05) is 23.3 Å². The second-order valence-electron chi connectivity index (χ2n) is 6.60. The smallest absolute Gasteiger partial charge is 0.271 e. The highest BCUT2D eigenvalue weighted by molar-refractivity contribution is 6.05. The van der Waals surface area contributed by atoms with Crippen LogP contribution in [-0.4, -0.2) is 33.9 Å². The molecule has 1 saturated heterocycles. The van der Waals surface area contributed by atoms with Crippen molar-refractivity contribution in [1.82, 2.24) is 9.97 Å².